The third kappa shape index (κ3) is 6.38. The number of benzene rings is 1. The molecule has 0 unspecified atom stereocenters. The summed E-state index contributed by atoms with van der Waals surface area (Å²) in [6.45, 7) is 2.39. The van der Waals surface area contributed by atoms with Gasteiger partial charge in [-0.1, -0.05) is 31.2 Å². The van der Waals surface area contributed by atoms with Crippen LogP contribution >= 0.6 is 11.8 Å². The van der Waals surface area contributed by atoms with E-state index >= 15 is 0 Å². The van der Waals surface area contributed by atoms with E-state index in [1.807, 2.05) is 6.92 Å². The van der Waals surface area contributed by atoms with Gasteiger partial charge in [0.2, 0.25) is 5.91 Å². The number of ether oxygens (including phenoxy) is 1. The van der Waals surface area contributed by atoms with Gasteiger partial charge in [0.15, 0.2) is 0 Å². The van der Waals surface area contributed by atoms with E-state index < -0.39 is 11.7 Å². The molecule has 0 spiro atoms. The number of nitrogens with zero attached hydrogens (tertiary/aromatic N) is 2. The third-order valence-electron chi connectivity index (χ3n) is 3.01. The van der Waals surface area contributed by atoms with Crippen molar-refractivity contribution in [3.8, 4) is 0 Å². The van der Waals surface area contributed by atoms with Crippen LogP contribution in [0.5, 0.6) is 0 Å². The highest BCUT2D eigenvalue weighted by atomic mass is 32.2. The van der Waals surface area contributed by atoms with Gasteiger partial charge in [0.1, 0.15) is 5.03 Å². The van der Waals surface area contributed by atoms with E-state index in [1.165, 1.54) is 6.20 Å². The first kappa shape index (κ1) is 18.7. The first-order chi connectivity index (χ1) is 12.1. The van der Waals surface area contributed by atoms with Gasteiger partial charge in [-0.3, -0.25) is 4.79 Å². The summed E-state index contributed by atoms with van der Waals surface area (Å²) < 4.78 is 5.14. The molecule has 0 fully saturated rings. The average molecular weight is 362 g/mol. The molecule has 1 aromatic heterocycles. The summed E-state index contributed by atoms with van der Waals surface area (Å²) in [4.78, 5) is 38.6. The van der Waals surface area contributed by atoms with Crippen LogP contribution in [0.1, 0.15) is 30.1 Å². The molecule has 0 saturated heterocycles. The first-order valence-corrected chi connectivity index (χ1v) is 8.68. The maximum atomic E-state index is 12.0. The molecule has 132 valence electrons. The molecule has 0 aliphatic heterocycles. The fraction of sp³-hybridized carbons (Fsp3) is 0.312. The second-order valence-electron chi connectivity index (χ2n) is 5.03. The number of aromatic amines is 1. The highest BCUT2D eigenvalue weighted by Crippen LogP contribution is 2.15. The Morgan fingerprint density at radius 3 is 2.96 bits per heavy atom. The number of carbonyl (C=O) groups excluding carboxylic acids is 2. The lowest BCUT2D eigenvalue weighted by Crippen LogP contribution is -2.16. The van der Waals surface area contributed by atoms with Crippen molar-refractivity contribution >= 4 is 29.3 Å². The van der Waals surface area contributed by atoms with Gasteiger partial charge >= 0.3 is 11.7 Å². The van der Waals surface area contributed by atoms with Crippen LogP contribution in [0.3, 0.4) is 0 Å². The van der Waals surface area contributed by atoms with Gasteiger partial charge in [-0.25, -0.2) is 14.7 Å². The Balaban J connectivity index is 1.89. The van der Waals surface area contributed by atoms with E-state index in [1.54, 1.807) is 24.3 Å². The summed E-state index contributed by atoms with van der Waals surface area (Å²) in [5.74, 6) is -0.648. The maximum Gasteiger partial charge on any atom is 0.362 e. The highest BCUT2D eigenvalue weighted by molar-refractivity contribution is 7.99. The lowest BCUT2D eigenvalue weighted by Gasteiger charge is -2.07. The molecule has 1 heterocycles. The van der Waals surface area contributed by atoms with E-state index in [0.29, 0.717) is 22.9 Å². The van der Waals surface area contributed by atoms with Crippen molar-refractivity contribution in [2.75, 3.05) is 17.7 Å². The van der Waals surface area contributed by atoms with E-state index in [0.717, 1.165) is 24.6 Å². The van der Waals surface area contributed by atoms with E-state index in [9.17, 15) is 14.4 Å². The molecule has 1 amide bonds. The molecule has 0 radical (unpaired) electrons. The quantitative estimate of drug-likeness (QED) is 0.418. The average Bonchev–Trinajstić information content (AvgIpc) is 2.60. The van der Waals surface area contributed by atoms with Crippen molar-refractivity contribution in [3.63, 3.8) is 0 Å². The largest absolute Gasteiger partial charge is 0.462 e. The Labute approximate surface area is 148 Å². The highest BCUT2D eigenvalue weighted by Gasteiger charge is 2.10. The van der Waals surface area contributed by atoms with Gasteiger partial charge in [0.25, 0.3) is 0 Å². The number of carbonyl (C=O) groups is 2. The number of unbranched alkanes of at least 4 members (excludes halogenated alkanes) is 1. The van der Waals surface area contributed by atoms with Crippen LogP contribution in [0.4, 0.5) is 5.69 Å². The number of aromatic nitrogens is 3. The molecule has 0 bridgehead atoms. The summed E-state index contributed by atoms with van der Waals surface area (Å²) in [5.41, 5.74) is 0.300. The minimum atomic E-state index is -0.570. The Hall–Kier alpha value is -2.68. The predicted octanol–water partition coefficient (Wildman–Crippen LogP) is 1.85. The Kier molecular flexibility index (Phi) is 7.15. The minimum Gasteiger partial charge on any atom is -0.462 e. The zero-order chi connectivity index (χ0) is 18.1. The number of amides is 1. The third-order valence-corrected chi connectivity index (χ3v) is 3.91. The molecule has 1 aromatic carbocycles. The lowest BCUT2D eigenvalue weighted by atomic mass is 10.2. The molecule has 2 rings (SSSR count). The van der Waals surface area contributed by atoms with Crippen molar-refractivity contribution in [1.82, 2.24) is 15.2 Å². The van der Waals surface area contributed by atoms with Crippen LogP contribution in [0.25, 0.3) is 0 Å². The van der Waals surface area contributed by atoms with Crippen molar-refractivity contribution in [2.24, 2.45) is 0 Å². The lowest BCUT2D eigenvalue weighted by molar-refractivity contribution is -0.113. The monoisotopic (exact) mass is 362 g/mol. The summed E-state index contributed by atoms with van der Waals surface area (Å²) in [7, 11) is 0. The molecule has 0 aliphatic carbocycles. The Morgan fingerprint density at radius 1 is 1.36 bits per heavy atom. The van der Waals surface area contributed by atoms with Crippen LogP contribution in [0.15, 0.2) is 40.3 Å². The normalized spacial score (nSPS) is 10.3. The predicted molar refractivity (Wildman–Crippen MR) is 93.6 cm³/mol. The number of rotatable bonds is 8. The van der Waals surface area contributed by atoms with Crippen LogP contribution in [0, 0.1) is 0 Å². The maximum absolute atomic E-state index is 12.0. The van der Waals surface area contributed by atoms with Crippen molar-refractivity contribution in [1.29, 1.82) is 0 Å². The van der Waals surface area contributed by atoms with Crippen LogP contribution in [-0.2, 0) is 9.53 Å². The second-order valence-corrected chi connectivity index (χ2v) is 6.03. The zero-order valence-corrected chi connectivity index (χ0v) is 14.5. The molecule has 2 aromatic rings. The Bertz CT molecular complexity index is 793. The molecule has 0 aliphatic rings. The van der Waals surface area contributed by atoms with Gasteiger partial charge < -0.3 is 10.1 Å². The van der Waals surface area contributed by atoms with Gasteiger partial charge in [-0.05, 0) is 24.6 Å². The van der Waals surface area contributed by atoms with E-state index in [4.69, 9.17) is 4.74 Å². The molecule has 9 heteroatoms. The summed E-state index contributed by atoms with van der Waals surface area (Å²) in [5, 5.41) is 8.81. The van der Waals surface area contributed by atoms with Crippen molar-refractivity contribution in [3.05, 3.63) is 46.5 Å². The van der Waals surface area contributed by atoms with Gasteiger partial charge in [-0.2, -0.15) is 10.1 Å². The molecule has 2 N–H and O–H groups in total. The number of hydrogen-bond donors (Lipinski definition) is 2. The number of hydrogen-bond acceptors (Lipinski definition) is 7. The number of thioether (sulfide) groups is 1. The Morgan fingerprint density at radius 2 is 2.20 bits per heavy atom. The van der Waals surface area contributed by atoms with Gasteiger partial charge in [0.05, 0.1) is 24.1 Å². The molecular weight excluding hydrogens is 344 g/mol. The second kappa shape index (κ2) is 9.58. The first-order valence-electron chi connectivity index (χ1n) is 7.70. The fourth-order valence-corrected chi connectivity index (χ4v) is 2.45. The van der Waals surface area contributed by atoms with E-state index in [2.05, 4.69) is 20.5 Å². The molecule has 0 saturated carbocycles. The van der Waals surface area contributed by atoms with Crippen LogP contribution in [-0.4, -0.2) is 39.4 Å². The number of nitrogens with one attached hydrogen (secondary N) is 2. The molecule has 25 heavy (non-hydrogen) atoms. The molecule has 8 nitrogen and oxygen atoms in total. The minimum absolute atomic E-state index is 0.0588. The molecular formula is C16H18N4O4S. The fourth-order valence-electron chi connectivity index (χ4n) is 1.82. The SMILES string of the molecule is CCCCOC(=O)c1cccc(NC(=O)CSc2cn[nH]c(=O)n2)c1. The van der Waals surface area contributed by atoms with Crippen LogP contribution in [0.2, 0.25) is 0 Å². The standard InChI is InChI=1S/C16H18N4O4S/c1-2-3-7-24-15(22)11-5-4-6-12(8-11)18-13(21)10-25-14-9-17-20-16(23)19-14/h4-6,8-9H,2-3,7,10H2,1H3,(H,18,21)(H,19,20,23). The summed E-state index contributed by atoms with van der Waals surface area (Å²) >= 11 is 1.09. The smallest absolute Gasteiger partial charge is 0.362 e. The number of esters is 1. The number of H-pyrrole nitrogens is 1. The molecule has 0 atom stereocenters. The summed E-state index contributed by atoms with van der Waals surface area (Å²) in [6, 6.07) is 6.54. The van der Waals surface area contributed by atoms with Crippen molar-refractivity contribution < 1.29 is 14.3 Å². The summed E-state index contributed by atoms with van der Waals surface area (Å²) in [6.07, 6.45) is 3.12. The zero-order valence-electron chi connectivity index (χ0n) is 13.7. The van der Waals surface area contributed by atoms with Crippen molar-refractivity contribution in [2.45, 2.75) is 24.8 Å². The van der Waals surface area contributed by atoms with Gasteiger partial charge in [-0.15, -0.1) is 0 Å². The van der Waals surface area contributed by atoms with E-state index in [-0.39, 0.29) is 11.7 Å². The van der Waals surface area contributed by atoms with Gasteiger partial charge in [0, 0.05) is 5.69 Å². The topological polar surface area (TPSA) is 114 Å². The number of anilines is 1. The van der Waals surface area contributed by atoms with Crippen LogP contribution < -0.4 is 11.0 Å².